The van der Waals surface area contributed by atoms with Crippen molar-refractivity contribution in [1.29, 1.82) is 0 Å². The Morgan fingerprint density at radius 3 is 1.18 bits per heavy atom. The summed E-state index contributed by atoms with van der Waals surface area (Å²) in [6.07, 6.45) is 4.87. The van der Waals surface area contributed by atoms with Crippen LogP contribution in [0.25, 0.3) is 55.5 Å². The molecule has 0 aliphatic rings. The van der Waals surface area contributed by atoms with Crippen molar-refractivity contribution in [2.24, 2.45) is 0 Å². The number of pyridine rings is 2. The molecule has 0 aliphatic heterocycles. The third-order valence-corrected chi connectivity index (χ3v) is 14.5. The molecule has 0 unspecified atom stereocenters. The molecule has 2 aromatic carbocycles. The summed E-state index contributed by atoms with van der Waals surface area (Å²) in [4.78, 5) is 91.2. The van der Waals surface area contributed by atoms with E-state index in [9.17, 15) is 33.9 Å². The van der Waals surface area contributed by atoms with E-state index in [-0.39, 0.29) is 189 Å². The minimum atomic E-state index is -1.76. The molecule has 0 amide bonds. The summed E-state index contributed by atoms with van der Waals surface area (Å²) in [5.74, 6) is -2.33. The van der Waals surface area contributed by atoms with Crippen LogP contribution in [0.2, 0.25) is 25.7 Å². The van der Waals surface area contributed by atoms with Gasteiger partial charge in [0.1, 0.15) is 40.6 Å². The van der Waals surface area contributed by atoms with Crippen LogP contribution >= 0.6 is 0 Å². The summed E-state index contributed by atoms with van der Waals surface area (Å²) < 4.78 is 104. The molecular formula is C61H75N4O26Si-. The van der Waals surface area contributed by atoms with E-state index in [1.54, 1.807) is 6.92 Å². The average Bonchev–Trinajstić information content (AvgIpc) is 0.751. The Morgan fingerprint density at radius 2 is 0.826 bits per heavy atom. The van der Waals surface area contributed by atoms with Gasteiger partial charge in [0, 0.05) is 89.2 Å². The van der Waals surface area contributed by atoms with E-state index < -0.39 is 52.9 Å². The summed E-state index contributed by atoms with van der Waals surface area (Å²) in [6.45, 7) is 8.02. The molecule has 6 aromatic heterocycles. The number of ether oxygens (including phenoxy) is 17. The monoisotopic (exact) mass is 1310 g/mol. The van der Waals surface area contributed by atoms with Gasteiger partial charge >= 0.3 is 5.97 Å². The topological polar surface area (TPSA) is 343 Å². The molecular weight excluding hydrogens is 1230 g/mol. The molecule has 0 saturated heterocycles. The van der Waals surface area contributed by atoms with Crippen molar-refractivity contribution < 1.29 is 104 Å². The number of fused-ring (bicyclic) bond motifs is 4. The summed E-state index contributed by atoms with van der Waals surface area (Å²) in [7, 11) is 9.69. The molecule has 0 bridgehead atoms. The van der Waals surface area contributed by atoms with Crippen LogP contribution in [0.1, 0.15) is 47.0 Å². The van der Waals surface area contributed by atoms with Crippen molar-refractivity contribution in [2.75, 3.05) is 118 Å². The molecule has 92 heavy (non-hydrogen) atoms. The van der Waals surface area contributed by atoms with Crippen molar-refractivity contribution in [1.82, 2.24) is 18.8 Å². The second-order valence-electron chi connectivity index (χ2n) is 20.2. The van der Waals surface area contributed by atoms with E-state index in [0.717, 1.165) is 16.9 Å². The molecule has 0 saturated carbocycles. The lowest BCUT2D eigenvalue weighted by molar-refractivity contribution is -0.255. The number of hydrogen-bond acceptors (Lipinski definition) is 28. The van der Waals surface area contributed by atoms with Crippen molar-refractivity contribution in [3.05, 3.63) is 113 Å². The number of carbonyl (C=O) groups is 2. The van der Waals surface area contributed by atoms with Crippen LogP contribution in [0.4, 0.5) is 0 Å². The van der Waals surface area contributed by atoms with Crippen LogP contribution in [-0.4, -0.2) is 157 Å². The minimum Gasteiger partial charge on any atom is -0.545 e. The third-order valence-electron chi connectivity index (χ3n) is 12.8. The molecule has 30 nitrogen and oxygen atoms in total. The number of nitrogens with zero attached hydrogens (tertiary/aromatic N) is 4. The highest BCUT2D eigenvalue weighted by atomic mass is 28.3. The van der Waals surface area contributed by atoms with Crippen molar-refractivity contribution in [3.63, 3.8) is 0 Å². The fourth-order valence-electron chi connectivity index (χ4n) is 8.80. The van der Waals surface area contributed by atoms with Gasteiger partial charge in [0.25, 0.3) is 11.1 Å². The summed E-state index contributed by atoms with van der Waals surface area (Å²) in [5, 5.41) is 11.7. The molecule has 0 spiro atoms. The number of carboxylic acids is 1. The third kappa shape index (κ3) is 16.7. The van der Waals surface area contributed by atoms with Crippen molar-refractivity contribution in [3.8, 4) is 68.2 Å². The maximum atomic E-state index is 14.4. The smallest absolute Gasteiger partial charge is 0.342 e. The number of aromatic carboxylic acids is 1. The first-order valence-electron chi connectivity index (χ1n) is 26.9. The Hall–Kier alpha value is -9.18. The highest BCUT2D eigenvalue weighted by Crippen LogP contribution is 2.40. The van der Waals surface area contributed by atoms with Crippen LogP contribution in [0, 0.1) is 13.8 Å². The molecule has 31 heteroatoms. The van der Waals surface area contributed by atoms with E-state index in [2.05, 4.69) is 29.6 Å². The van der Waals surface area contributed by atoms with Crippen LogP contribution in [0.5, 0.6) is 46.0 Å². The lowest BCUT2D eigenvalue weighted by atomic mass is 10.0. The first-order chi connectivity index (χ1) is 43.2. The highest BCUT2D eigenvalue weighted by Gasteiger charge is 2.31. The minimum absolute atomic E-state index is 0. The average molecular weight is 1310 g/mol. The van der Waals surface area contributed by atoms with Gasteiger partial charge in [-0.05, 0) is 19.9 Å². The normalized spacial score (nSPS) is 11.1. The Labute approximate surface area is 527 Å². The Kier molecular flexibility index (Phi) is 27.0. The first kappa shape index (κ1) is 73.6. The zero-order chi connectivity index (χ0) is 65.4. The Balaban J connectivity index is 0.000000329. The van der Waals surface area contributed by atoms with Crippen LogP contribution in [0.3, 0.4) is 0 Å². The highest BCUT2D eigenvalue weighted by molar-refractivity contribution is 6.76. The lowest BCUT2D eigenvalue weighted by Crippen LogP contribution is -2.27. The molecule has 6 heterocycles. The van der Waals surface area contributed by atoms with Crippen molar-refractivity contribution >= 4 is 53.2 Å². The van der Waals surface area contributed by atoms with Crippen LogP contribution < -0.4 is 65.0 Å². The molecule has 0 aliphatic carbocycles. The molecule has 8 aromatic rings. The fraction of sp³-hybridized carbons (Fsp3) is 0.410. The maximum Gasteiger partial charge on any atom is 0.342 e. The standard InChI is InChI=1S/C32H40N2O13Si.C27H28N2O13.2CH4/c1-19-26(31(36)34-13-24(46-17-40-4)21(44-15-38-2)12-25(34)33-19)20-14-43-22-11-23(45-16-39-3)30(47-18-41-5)28(27(22)29(20)35)32(37)42-9-10-48(6,7)8;1-14-21(26(31)29-8-19(41-12-36-4)16(39-10-34-2)7-20(29)28-14)15-9-38-17-6-18(40-11-35-3)25(42-13-37-5)23(27(32)33)22(17)24(15)30;;/h11-14H,9-10,15-18H2,1-8H3;6-9H,10-13H2,1-5H3,(H,32,33);2*1H4/p-1. The predicted octanol–water partition coefficient (Wildman–Crippen LogP) is 6.54. The summed E-state index contributed by atoms with van der Waals surface area (Å²) in [5.41, 5.74) is -3.78. The lowest BCUT2D eigenvalue weighted by Gasteiger charge is -2.19. The number of methoxy groups -OCH3 is 8. The fourth-order valence-corrected chi connectivity index (χ4v) is 9.51. The predicted molar refractivity (Wildman–Crippen MR) is 332 cm³/mol. The number of carboxylic acid groups (broad SMARTS) is 1. The molecule has 0 radical (unpaired) electrons. The van der Waals surface area contributed by atoms with Gasteiger partial charge < -0.3 is 99.3 Å². The summed E-state index contributed by atoms with van der Waals surface area (Å²) >= 11 is 0. The van der Waals surface area contributed by atoms with Crippen LogP contribution in [0.15, 0.2) is 77.2 Å². The first-order valence-corrected chi connectivity index (χ1v) is 30.6. The number of aromatic nitrogens is 4. The number of aryl methyl sites for hydroxylation is 2. The van der Waals surface area contributed by atoms with Crippen molar-refractivity contribution in [2.45, 2.75) is 54.4 Å². The van der Waals surface area contributed by atoms with E-state index in [4.69, 9.17) is 89.4 Å². The zero-order valence-electron chi connectivity index (χ0n) is 51.6. The molecule has 0 atom stereocenters. The number of esters is 1. The molecule has 0 fully saturated rings. The van der Waals surface area contributed by atoms with Gasteiger partial charge in [-0.15, -0.1) is 0 Å². The Morgan fingerprint density at radius 1 is 0.489 bits per heavy atom. The number of rotatable bonds is 31. The SMILES string of the molecule is C.C.COCOc1cc2nc(C)c(-c3coc4cc(OCOC)c(OCOC)c(C(=O)OCC[Si](C)(C)C)c4c3=O)c(=O)n2cc1OCOC.COCOc1cc2nc(C)c(-c3coc4cc(OCOC)c(OCOC)c(C(=O)[O-])c4c3=O)c(=O)n2cc1OCOC. The second kappa shape index (κ2) is 33.8. The van der Waals surface area contributed by atoms with Gasteiger partial charge in [-0.25, -0.2) is 14.8 Å². The number of carbonyl (C=O) groups excluding carboxylic acids is 2. The quantitative estimate of drug-likeness (QED) is 0.0253. The number of hydrogen-bond donors (Lipinski definition) is 0. The van der Waals surface area contributed by atoms with E-state index in [1.807, 2.05) is 0 Å². The van der Waals surface area contributed by atoms with Gasteiger partial charge in [0.15, 0.2) is 100 Å². The molecule has 500 valence electrons. The van der Waals surface area contributed by atoms with Gasteiger partial charge in [-0.3, -0.25) is 28.0 Å². The maximum absolute atomic E-state index is 14.4. The van der Waals surface area contributed by atoms with Gasteiger partial charge in [0.2, 0.25) is 10.9 Å². The molecule has 0 N–H and O–H groups in total. The number of benzene rings is 2. The summed E-state index contributed by atoms with van der Waals surface area (Å²) in [6, 6.07) is 6.29. The second-order valence-corrected chi connectivity index (χ2v) is 25.8. The van der Waals surface area contributed by atoms with Gasteiger partial charge in [0.05, 0.1) is 74.9 Å². The van der Waals surface area contributed by atoms with Crippen LogP contribution in [-0.2, 0) is 42.6 Å². The van der Waals surface area contributed by atoms with Gasteiger partial charge in [-0.1, -0.05) is 34.5 Å². The zero-order valence-corrected chi connectivity index (χ0v) is 52.6. The Bertz CT molecular complexity index is 4140. The largest absolute Gasteiger partial charge is 0.545 e. The van der Waals surface area contributed by atoms with E-state index >= 15 is 0 Å². The van der Waals surface area contributed by atoms with E-state index in [0.29, 0.717) is 6.04 Å². The van der Waals surface area contributed by atoms with E-state index in [1.165, 1.54) is 105 Å². The van der Waals surface area contributed by atoms with Gasteiger partial charge in [-0.2, -0.15) is 0 Å². The molecule has 8 rings (SSSR count).